The normalized spacial score (nSPS) is 13.7. The predicted molar refractivity (Wildman–Crippen MR) is 89.0 cm³/mol. The second-order valence-corrected chi connectivity index (χ2v) is 7.79. The Morgan fingerprint density at radius 1 is 1.18 bits per heavy atom. The van der Waals surface area contributed by atoms with E-state index >= 15 is 0 Å². The van der Waals surface area contributed by atoms with Crippen LogP contribution in [0.3, 0.4) is 0 Å². The van der Waals surface area contributed by atoms with Crippen molar-refractivity contribution >= 4 is 10.0 Å². The number of aliphatic hydroxyl groups excluding tert-OH is 1. The first-order chi connectivity index (χ1) is 10.4. The fourth-order valence-electron chi connectivity index (χ4n) is 2.38. The number of benzene rings is 1. The lowest BCUT2D eigenvalue weighted by molar-refractivity contribution is 0.168. The Labute approximate surface area is 134 Å². The van der Waals surface area contributed by atoms with Gasteiger partial charge in [-0.25, -0.2) is 8.42 Å². The summed E-state index contributed by atoms with van der Waals surface area (Å²) in [5, 5.41) is 9.68. The molecule has 1 unspecified atom stereocenters. The fraction of sp³-hybridized carbons (Fsp3) is 0.625. The lowest BCUT2D eigenvalue weighted by atomic mass is 10.1. The average molecular weight is 328 g/mol. The van der Waals surface area contributed by atoms with Gasteiger partial charge in [0.05, 0.1) is 11.5 Å². The number of nitrogens with zero attached hydrogens (tertiary/aromatic N) is 1. The van der Waals surface area contributed by atoms with Crippen LogP contribution in [0.1, 0.15) is 33.1 Å². The molecule has 1 atom stereocenters. The molecule has 0 aliphatic carbocycles. The molecule has 0 aliphatic heterocycles. The Bertz CT molecular complexity index is 517. The molecule has 1 aromatic rings. The minimum atomic E-state index is -3.60. The molecular weight excluding hydrogens is 300 g/mol. The summed E-state index contributed by atoms with van der Waals surface area (Å²) < 4.78 is 27.2. The van der Waals surface area contributed by atoms with Crippen molar-refractivity contribution in [1.82, 2.24) is 4.31 Å². The van der Waals surface area contributed by atoms with Crippen LogP contribution in [0.5, 0.6) is 0 Å². The van der Waals surface area contributed by atoms with Gasteiger partial charge in [0.15, 0.2) is 0 Å². The molecule has 0 saturated heterocycles. The topological polar surface area (TPSA) is 83.6 Å². The smallest absolute Gasteiger partial charge is 0.243 e. The highest BCUT2D eigenvalue weighted by Gasteiger charge is 2.31. The highest BCUT2D eigenvalue weighted by molar-refractivity contribution is 7.89. The van der Waals surface area contributed by atoms with E-state index in [0.29, 0.717) is 19.5 Å². The molecule has 126 valence electrons. The zero-order valence-electron chi connectivity index (χ0n) is 13.5. The zero-order chi connectivity index (χ0) is 16.6. The number of hydrogen-bond acceptors (Lipinski definition) is 4. The van der Waals surface area contributed by atoms with Gasteiger partial charge in [0, 0.05) is 12.6 Å². The molecule has 0 heterocycles. The van der Waals surface area contributed by atoms with E-state index < -0.39 is 16.1 Å². The van der Waals surface area contributed by atoms with Crippen LogP contribution in [0, 0.1) is 5.92 Å². The summed E-state index contributed by atoms with van der Waals surface area (Å²) in [4.78, 5) is 0.271. The van der Waals surface area contributed by atoms with E-state index in [0.717, 1.165) is 12.8 Å². The summed E-state index contributed by atoms with van der Waals surface area (Å²) in [5.41, 5.74) is 5.50. The van der Waals surface area contributed by atoms with Crippen molar-refractivity contribution in [3.05, 3.63) is 30.3 Å². The molecule has 0 radical (unpaired) electrons. The predicted octanol–water partition coefficient (Wildman–Crippen LogP) is 1.82. The molecule has 0 saturated carbocycles. The van der Waals surface area contributed by atoms with Gasteiger partial charge in [-0.3, -0.25) is 0 Å². The molecule has 1 rings (SSSR count). The maximum absolute atomic E-state index is 12.9. The lowest BCUT2D eigenvalue weighted by Crippen LogP contribution is -2.44. The number of aliphatic hydroxyl groups is 1. The van der Waals surface area contributed by atoms with Crippen molar-refractivity contribution in [3.8, 4) is 0 Å². The van der Waals surface area contributed by atoms with E-state index in [1.165, 1.54) is 4.31 Å². The summed E-state index contributed by atoms with van der Waals surface area (Å²) in [6.45, 7) is 4.74. The SMILES string of the molecule is CC(C)CN(C(CO)CCCCN)S(=O)(=O)c1ccccc1. The summed E-state index contributed by atoms with van der Waals surface area (Å²) >= 11 is 0. The van der Waals surface area contributed by atoms with Gasteiger partial charge in [-0.05, 0) is 37.4 Å². The van der Waals surface area contributed by atoms with Gasteiger partial charge < -0.3 is 10.8 Å². The van der Waals surface area contributed by atoms with E-state index in [1.54, 1.807) is 30.3 Å². The van der Waals surface area contributed by atoms with Gasteiger partial charge in [0.25, 0.3) is 0 Å². The molecule has 0 aromatic heterocycles. The highest BCUT2D eigenvalue weighted by Crippen LogP contribution is 2.22. The molecule has 1 aromatic carbocycles. The number of nitrogens with two attached hydrogens (primary N) is 1. The van der Waals surface area contributed by atoms with Crippen LogP contribution < -0.4 is 5.73 Å². The molecule has 5 nitrogen and oxygen atoms in total. The third-order valence-corrected chi connectivity index (χ3v) is 5.44. The Morgan fingerprint density at radius 2 is 1.82 bits per heavy atom. The van der Waals surface area contributed by atoms with Crippen molar-refractivity contribution in [2.45, 2.75) is 44.0 Å². The Morgan fingerprint density at radius 3 is 2.32 bits per heavy atom. The van der Waals surface area contributed by atoms with Gasteiger partial charge in [0.1, 0.15) is 0 Å². The van der Waals surface area contributed by atoms with Crippen LogP contribution in [-0.4, -0.2) is 43.6 Å². The molecule has 0 aliphatic rings. The molecule has 0 bridgehead atoms. The van der Waals surface area contributed by atoms with Gasteiger partial charge in [-0.15, -0.1) is 0 Å². The van der Waals surface area contributed by atoms with E-state index in [9.17, 15) is 13.5 Å². The number of hydrogen-bond donors (Lipinski definition) is 2. The third kappa shape index (κ3) is 5.35. The van der Waals surface area contributed by atoms with Crippen LogP contribution in [0.2, 0.25) is 0 Å². The standard InChI is InChI=1S/C16H28N2O3S/c1-14(2)12-18(15(13-19)8-6-7-11-17)22(20,21)16-9-4-3-5-10-16/h3-5,9-10,14-15,19H,6-8,11-13,17H2,1-2H3. The van der Waals surface area contributed by atoms with Crippen molar-refractivity contribution in [1.29, 1.82) is 0 Å². The van der Waals surface area contributed by atoms with Crippen molar-refractivity contribution in [3.63, 3.8) is 0 Å². The minimum absolute atomic E-state index is 0.177. The van der Waals surface area contributed by atoms with E-state index in [-0.39, 0.29) is 17.4 Å². The quantitative estimate of drug-likeness (QED) is 0.642. The molecule has 3 N–H and O–H groups in total. The van der Waals surface area contributed by atoms with Crippen LogP contribution in [0.4, 0.5) is 0 Å². The second kappa shape index (κ2) is 9.25. The number of unbranched alkanes of at least 4 members (excludes halogenated alkanes) is 1. The first-order valence-corrected chi connectivity index (χ1v) is 9.25. The number of rotatable bonds is 10. The summed E-state index contributed by atoms with van der Waals surface area (Å²) in [6, 6.07) is 8.00. The Balaban J connectivity index is 3.04. The van der Waals surface area contributed by atoms with Crippen LogP contribution >= 0.6 is 0 Å². The summed E-state index contributed by atoms with van der Waals surface area (Å²) in [7, 11) is -3.60. The molecule has 22 heavy (non-hydrogen) atoms. The molecule has 0 amide bonds. The van der Waals surface area contributed by atoms with Crippen LogP contribution in [-0.2, 0) is 10.0 Å². The highest BCUT2D eigenvalue weighted by atomic mass is 32.2. The Kier molecular flexibility index (Phi) is 8.03. The zero-order valence-corrected chi connectivity index (χ0v) is 14.3. The van der Waals surface area contributed by atoms with E-state index in [2.05, 4.69) is 0 Å². The first kappa shape index (κ1) is 19.1. The number of sulfonamides is 1. The van der Waals surface area contributed by atoms with Crippen molar-refractivity contribution in [2.24, 2.45) is 11.7 Å². The average Bonchev–Trinajstić information content (AvgIpc) is 2.50. The summed E-state index contributed by atoms with van der Waals surface area (Å²) in [5.74, 6) is 0.182. The van der Waals surface area contributed by atoms with Crippen LogP contribution in [0.15, 0.2) is 35.2 Å². The van der Waals surface area contributed by atoms with Crippen molar-refractivity contribution in [2.75, 3.05) is 19.7 Å². The summed E-state index contributed by atoms with van der Waals surface area (Å²) in [6.07, 6.45) is 2.25. The maximum atomic E-state index is 12.9. The Hall–Kier alpha value is -0.950. The monoisotopic (exact) mass is 328 g/mol. The van der Waals surface area contributed by atoms with Gasteiger partial charge in [0.2, 0.25) is 10.0 Å². The fourth-order valence-corrected chi connectivity index (χ4v) is 4.21. The van der Waals surface area contributed by atoms with Crippen molar-refractivity contribution < 1.29 is 13.5 Å². The molecule has 6 heteroatoms. The van der Waals surface area contributed by atoms with E-state index in [1.807, 2.05) is 13.8 Å². The van der Waals surface area contributed by atoms with E-state index in [4.69, 9.17) is 5.73 Å². The lowest BCUT2D eigenvalue weighted by Gasteiger charge is -2.31. The van der Waals surface area contributed by atoms with Gasteiger partial charge in [-0.2, -0.15) is 4.31 Å². The largest absolute Gasteiger partial charge is 0.395 e. The first-order valence-electron chi connectivity index (χ1n) is 7.81. The minimum Gasteiger partial charge on any atom is -0.395 e. The molecule has 0 fully saturated rings. The van der Waals surface area contributed by atoms with Gasteiger partial charge >= 0.3 is 0 Å². The maximum Gasteiger partial charge on any atom is 0.243 e. The second-order valence-electron chi connectivity index (χ2n) is 5.90. The van der Waals surface area contributed by atoms with Gasteiger partial charge in [-0.1, -0.05) is 38.5 Å². The van der Waals surface area contributed by atoms with Crippen LogP contribution in [0.25, 0.3) is 0 Å². The third-order valence-electron chi connectivity index (χ3n) is 3.50. The molecular formula is C16H28N2O3S. The molecule has 0 spiro atoms.